The molecule has 0 unspecified atom stereocenters. The average molecular weight is 658 g/mol. The highest BCUT2D eigenvalue weighted by molar-refractivity contribution is 6.38. The van der Waals surface area contributed by atoms with Crippen molar-refractivity contribution in [1.82, 2.24) is 15.3 Å². The lowest BCUT2D eigenvalue weighted by Gasteiger charge is -2.21. The smallest absolute Gasteiger partial charge is 0.319 e. The second-order valence-electron chi connectivity index (χ2n) is 10.3. The molecule has 3 aromatic carbocycles. The van der Waals surface area contributed by atoms with Crippen molar-refractivity contribution >= 4 is 69.1 Å². The molecular weight excluding hydrogens is 627 g/mol. The van der Waals surface area contributed by atoms with Gasteiger partial charge in [-0.25, -0.2) is 14.8 Å². The summed E-state index contributed by atoms with van der Waals surface area (Å²) in [6.07, 6.45) is 1.60. The third-order valence-corrected chi connectivity index (χ3v) is 7.94. The predicted octanol–water partition coefficient (Wildman–Crippen LogP) is 6.89. The van der Waals surface area contributed by atoms with Crippen LogP contribution in [0.1, 0.15) is 21.6 Å². The van der Waals surface area contributed by atoms with Gasteiger partial charge >= 0.3 is 6.03 Å². The van der Waals surface area contributed by atoms with Crippen LogP contribution in [-0.2, 0) is 11.4 Å². The highest BCUT2D eigenvalue weighted by Gasteiger charge is 2.20. The van der Waals surface area contributed by atoms with Gasteiger partial charge in [-0.05, 0) is 61.5 Å². The largest absolute Gasteiger partial charge is 0.487 e. The van der Waals surface area contributed by atoms with Crippen LogP contribution in [0, 0.1) is 6.92 Å². The zero-order valence-corrected chi connectivity index (χ0v) is 26.8. The van der Waals surface area contributed by atoms with Gasteiger partial charge in [0.15, 0.2) is 0 Å². The van der Waals surface area contributed by atoms with Crippen LogP contribution < -0.4 is 25.2 Å². The monoisotopic (exact) mass is 656 g/mol. The number of fused-ring (bicyclic) bond motifs is 1. The number of benzene rings is 3. The van der Waals surface area contributed by atoms with Crippen LogP contribution >= 0.6 is 23.2 Å². The molecule has 0 aliphatic rings. The van der Waals surface area contributed by atoms with Crippen LogP contribution in [-0.4, -0.2) is 48.5 Å². The second-order valence-corrected chi connectivity index (χ2v) is 11.1. The molecule has 0 bridgehead atoms. The van der Waals surface area contributed by atoms with Crippen molar-refractivity contribution in [3.8, 4) is 5.75 Å². The lowest BCUT2D eigenvalue weighted by Crippen LogP contribution is -2.40. The van der Waals surface area contributed by atoms with E-state index in [0.29, 0.717) is 39.1 Å². The number of para-hydroxylation sites is 1. The van der Waals surface area contributed by atoms with Gasteiger partial charge in [0.05, 0.1) is 17.3 Å². The molecule has 46 heavy (non-hydrogen) atoms. The topological polar surface area (TPSA) is 117 Å². The molecule has 2 heterocycles. The molecule has 0 saturated heterocycles. The Balaban J connectivity index is 1.20. The lowest BCUT2D eigenvalue weighted by molar-refractivity contribution is -0.117. The van der Waals surface area contributed by atoms with Crippen molar-refractivity contribution in [3.05, 3.63) is 118 Å². The number of urea groups is 1. The number of aromatic nitrogens is 2. The van der Waals surface area contributed by atoms with Crippen molar-refractivity contribution in [2.45, 2.75) is 13.5 Å². The van der Waals surface area contributed by atoms with Crippen LogP contribution in [0.15, 0.2) is 91.1 Å². The predicted molar refractivity (Wildman–Crippen MR) is 181 cm³/mol. The number of rotatable bonds is 9. The number of pyridine rings is 2. The number of aryl methyl sites for hydroxylation is 1. The Kier molecular flexibility index (Phi) is 10.00. The quantitative estimate of drug-likeness (QED) is 0.179. The standard InChI is InChI=1S/C34H30Cl2N6O4/c1-21-13-14-22-8-7-11-28(32(22)39-21)46-20-25-26(35)15-16-27(31(25)36)41(2)30(43)19-38-34(45)40-24-10-6-9-23(18-24)33(44)42(3)29-12-4-5-17-37-29/h4-18H,19-20H2,1-3H3,(H2,38,40,45). The third kappa shape index (κ3) is 7.36. The number of anilines is 3. The summed E-state index contributed by atoms with van der Waals surface area (Å²) in [4.78, 5) is 50.2. The molecule has 0 saturated carbocycles. The average Bonchev–Trinajstić information content (AvgIpc) is 3.06. The maximum atomic E-state index is 13.1. The highest BCUT2D eigenvalue weighted by atomic mass is 35.5. The molecule has 0 atom stereocenters. The molecule has 234 valence electrons. The van der Waals surface area contributed by atoms with E-state index in [0.717, 1.165) is 16.6 Å². The number of hydrogen-bond donors (Lipinski definition) is 2. The summed E-state index contributed by atoms with van der Waals surface area (Å²) in [5.74, 6) is 0.339. The van der Waals surface area contributed by atoms with Gasteiger partial charge in [-0.3, -0.25) is 14.5 Å². The number of carbonyl (C=O) groups is 3. The summed E-state index contributed by atoms with van der Waals surface area (Å²) in [7, 11) is 3.16. The fraction of sp³-hybridized carbons (Fsp3) is 0.147. The summed E-state index contributed by atoms with van der Waals surface area (Å²) >= 11 is 13.2. The van der Waals surface area contributed by atoms with Gasteiger partial charge in [0.25, 0.3) is 5.91 Å². The molecule has 5 rings (SSSR count). The first kappa shape index (κ1) is 32.2. The molecule has 0 aliphatic heterocycles. The van der Waals surface area contributed by atoms with Gasteiger partial charge in [-0.15, -0.1) is 0 Å². The highest BCUT2D eigenvalue weighted by Crippen LogP contribution is 2.35. The Morgan fingerprint density at radius 1 is 0.891 bits per heavy atom. The van der Waals surface area contributed by atoms with Crippen molar-refractivity contribution in [3.63, 3.8) is 0 Å². The SMILES string of the molecule is Cc1ccc2cccc(OCc3c(Cl)ccc(N(C)C(=O)CNC(=O)Nc4cccc(C(=O)N(C)c5ccccn5)c4)c3Cl)c2n1. The van der Waals surface area contributed by atoms with Gasteiger partial charge in [0, 0.05) is 53.2 Å². The Morgan fingerprint density at radius 3 is 2.48 bits per heavy atom. The number of nitrogens with one attached hydrogen (secondary N) is 2. The normalized spacial score (nSPS) is 10.7. The maximum Gasteiger partial charge on any atom is 0.319 e. The van der Waals surface area contributed by atoms with E-state index in [1.54, 1.807) is 74.9 Å². The van der Waals surface area contributed by atoms with E-state index < -0.39 is 11.9 Å². The van der Waals surface area contributed by atoms with Crippen molar-refractivity contribution in [2.75, 3.05) is 35.8 Å². The van der Waals surface area contributed by atoms with Crippen LogP contribution in [0.25, 0.3) is 10.9 Å². The van der Waals surface area contributed by atoms with Crippen LogP contribution in [0.4, 0.5) is 22.0 Å². The number of ether oxygens (including phenoxy) is 1. The molecule has 0 spiro atoms. The summed E-state index contributed by atoms with van der Waals surface area (Å²) in [6, 6.07) is 23.9. The van der Waals surface area contributed by atoms with E-state index in [1.165, 1.54) is 9.80 Å². The molecule has 10 nitrogen and oxygen atoms in total. The molecule has 2 aromatic heterocycles. The zero-order chi connectivity index (χ0) is 32.8. The van der Waals surface area contributed by atoms with Crippen molar-refractivity contribution < 1.29 is 19.1 Å². The van der Waals surface area contributed by atoms with Crippen LogP contribution in [0.5, 0.6) is 5.75 Å². The first-order valence-corrected chi connectivity index (χ1v) is 14.9. The van der Waals surface area contributed by atoms with Gasteiger partial charge in [-0.2, -0.15) is 0 Å². The number of nitrogens with zero attached hydrogens (tertiary/aromatic N) is 4. The van der Waals surface area contributed by atoms with E-state index in [1.807, 2.05) is 37.3 Å². The molecule has 0 aliphatic carbocycles. The Labute approximate surface area is 275 Å². The molecule has 0 radical (unpaired) electrons. The molecule has 2 N–H and O–H groups in total. The fourth-order valence-electron chi connectivity index (χ4n) is 4.62. The van der Waals surface area contributed by atoms with Gasteiger partial charge in [0.2, 0.25) is 5.91 Å². The first-order chi connectivity index (χ1) is 22.1. The number of hydrogen-bond acceptors (Lipinski definition) is 6. The number of carbonyl (C=O) groups excluding carboxylic acids is 3. The fourth-order valence-corrected chi connectivity index (χ4v) is 5.23. The number of halogens is 2. The van der Waals surface area contributed by atoms with Crippen molar-refractivity contribution in [1.29, 1.82) is 0 Å². The van der Waals surface area contributed by atoms with Crippen molar-refractivity contribution in [2.24, 2.45) is 0 Å². The Bertz CT molecular complexity index is 1920. The van der Waals surface area contributed by atoms with Gasteiger partial charge in [0.1, 0.15) is 23.7 Å². The van der Waals surface area contributed by atoms with E-state index >= 15 is 0 Å². The zero-order valence-electron chi connectivity index (χ0n) is 25.3. The third-order valence-electron chi connectivity index (χ3n) is 7.16. The number of amides is 4. The van der Waals surface area contributed by atoms with E-state index in [-0.39, 0.29) is 24.1 Å². The summed E-state index contributed by atoms with van der Waals surface area (Å²) in [5.41, 5.74) is 3.20. The maximum absolute atomic E-state index is 13.1. The molecule has 12 heteroatoms. The molecule has 0 fully saturated rings. The van der Waals surface area contributed by atoms with E-state index in [9.17, 15) is 14.4 Å². The minimum Gasteiger partial charge on any atom is -0.487 e. The summed E-state index contributed by atoms with van der Waals surface area (Å²) in [6.45, 7) is 1.63. The minimum atomic E-state index is -0.625. The van der Waals surface area contributed by atoms with Gasteiger partial charge < -0.3 is 20.3 Å². The molecular formula is C34H30Cl2N6O4. The molecule has 4 amide bonds. The summed E-state index contributed by atoms with van der Waals surface area (Å²) in [5, 5.41) is 6.76. The second kappa shape index (κ2) is 14.3. The molecule has 5 aromatic rings. The van der Waals surface area contributed by atoms with Gasteiger partial charge in [-0.1, -0.05) is 53.5 Å². The van der Waals surface area contributed by atoms with E-state index in [2.05, 4.69) is 20.6 Å². The lowest BCUT2D eigenvalue weighted by atomic mass is 10.1. The summed E-state index contributed by atoms with van der Waals surface area (Å²) < 4.78 is 6.08. The van der Waals surface area contributed by atoms with Crippen LogP contribution in [0.3, 0.4) is 0 Å². The Morgan fingerprint density at radius 2 is 1.70 bits per heavy atom. The minimum absolute atomic E-state index is 0.0438. The van der Waals surface area contributed by atoms with E-state index in [4.69, 9.17) is 27.9 Å². The van der Waals surface area contributed by atoms with Crippen LogP contribution in [0.2, 0.25) is 10.0 Å². The first-order valence-electron chi connectivity index (χ1n) is 14.2. The number of likely N-dealkylation sites (N-methyl/N-ethyl adjacent to an activating group) is 1. The Hall–Kier alpha value is -5.19.